The molecule has 0 fully saturated rings. The summed E-state index contributed by atoms with van der Waals surface area (Å²) in [5.74, 6) is 0. The molecule has 1 aromatic heterocycles. The monoisotopic (exact) mass is 198 g/mol. The Labute approximate surface area is 84.5 Å². The Bertz CT molecular complexity index is 285. The van der Waals surface area contributed by atoms with E-state index >= 15 is 0 Å². The summed E-state index contributed by atoms with van der Waals surface area (Å²) < 4.78 is 6.73. The molecular formula is C10H18N2O2. The van der Waals surface area contributed by atoms with Gasteiger partial charge in [0.05, 0.1) is 18.4 Å². The Hall–Kier alpha value is -0.870. The Kier molecular flexibility index (Phi) is 3.66. The third-order valence-corrected chi connectivity index (χ3v) is 2.36. The van der Waals surface area contributed by atoms with Crippen LogP contribution in [0.2, 0.25) is 0 Å². The summed E-state index contributed by atoms with van der Waals surface area (Å²) in [7, 11) is 3.47. The van der Waals surface area contributed by atoms with Gasteiger partial charge in [-0.2, -0.15) is 5.10 Å². The quantitative estimate of drug-likeness (QED) is 0.759. The van der Waals surface area contributed by atoms with Crippen molar-refractivity contribution in [2.24, 2.45) is 7.05 Å². The summed E-state index contributed by atoms with van der Waals surface area (Å²) >= 11 is 0. The van der Waals surface area contributed by atoms with Gasteiger partial charge in [0.25, 0.3) is 0 Å². The summed E-state index contributed by atoms with van der Waals surface area (Å²) in [6.45, 7) is 2.31. The average Bonchev–Trinajstić information content (AvgIpc) is 2.51. The topological polar surface area (TPSA) is 47.3 Å². The fourth-order valence-corrected chi connectivity index (χ4v) is 1.49. The SMILES string of the molecule is CCC(O)(COC)Cc1cnn(C)c1. The van der Waals surface area contributed by atoms with Gasteiger partial charge in [-0.3, -0.25) is 4.68 Å². The maximum atomic E-state index is 10.1. The summed E-state index contributed by atoms with van der Waals surface area (Å²) in [4.78, 5) is 0. The van der Waals surface area contributed by atoms with Crippen LogP contribution >= 0.6 is 0 Å². The minimum absolute atomic E-state index is 0.360. The number of methoxy groups -OCH3 is 1. The van der Waals surface area contributed by atoms with Gasteiger partial charge in [0, 0.05) is 26.8 Å². The number of hydrogen-bond donors (Lipinski definition) is 1. The van der Waals surface area contributed by atoms with Crippen LogP contribution in [0.5, 0.6) is 0 Å². The van der Waals surface area contributed by atoms with E-state index in [0.717, 1.165) is 5.56 Å². The van der Waals surface area contributed by atoms with Gasteiger partial charge < -0.3 is 9.84 Å². The largest absolute Gasteiger partial charge is 0.387 e. The third-order valence-electron chi connectivity index (χ3n) is 2.36. The van der Waals surface area contributed by atoms with Crippen molar-refractivity contribution >= 4 is 0 Å². The maximum Gasteiger partial charge on any atom is 0.0918 e. The highest BCUT2D eigenvalue weighted by Crippen LogP contribution is 2.17. The smallest absolute Gasteiger partial charge is 0.0918 e. The Morgan fingerprint density at radius 1 is 1.64 bits per heavy atom. The van der Waals surface area contributed by atoms with Gasteiger partial charge in [-0.15, -0.1) is 0 Å². The second-order valence-electron chi connectivity index (χ2n) is 3.71. The van der Waals surface area contributed by atoms with Crippen LogP contribution in [0.25, 0.3) is 0 Å². The molecule has 1 N–H and O–H groups in total. The van der Waals surface area contributed by atoms with Crippen molar-refractivity contribution in [3.8, 4) is 0 Å². The van der Waals surface area contributed by atoms with E-state index in [1.165, 1.54) is 0 Å². The number of rotatable bonds is 5. The first-order valence-corrected chi connectivity index (χ1v) is 4.78. The van der Waals surface area contributed by atoms with Crippen LogP contribution in [0.15, 0.2) is 12.4 Å². The zero-order chi connectivity index (χ0) is 10.6. The molecule has 0 spiro atoms. The molecular weight excluding hydrogens is 180 g/mol. The van der Waals surface area contributed by atoms with Crippen molar-refractivity contribution in [2.75, 3.05) is 13.7 Å². The van der Waals surface area contributed by atoms with E-state index < -0.39 is 5.60 Å². The van der Waals surface area contributed by atoms with Crippen LogP contribution in [0.3, 0.4) is 0 Å². The van der Waals surface area contributed by atoms with Crippen molar-refractivity contribution in [3.05, 3.63) is 18.0 Å². The predicted molar refractivity (Wildman–Crippen MR) is 54.0 cm³/mol. The van der Waals surface area contributed by atoms with Crippen LogP contribution in [-0.4, -0.2) is 34.2 Å². The van der Waals surface area contributed by atoms with E-state index in [-0.39, 0.29) is 0 Å². The molecule has 0 aliphatic carbocycles. The molecule has 0 radical (unpaired) electrons. The minimum atomic E-state index is -0.766. The number of aliphatic hydroxyl groups is 1. The highest BCUT2D eigenvalue weighted by atomic mass is 16.5. The van der Waals surface area contributed by atoms with Crippen molar-refractivity contribution in [2.45, 2.75) is 25.4 Å². The zero-order valence-corrected chi connectivity index (χ0v) is 9.03. The molecule has 0 aliphatic rings. The lowest BCUT2D eigenvalue weighted by atomic mass is 9.94. The molecule has 1 aromatic rings. The summed E-state index contributed by atoms with van der Waals surface area (Å²) in [6.07, 6.45) is 4.95. The number of ether oxygens (including phenoxy) is 1. The van der Waals surface area contributed by atoms with Gasteiger partial charge in [-0.1, -0.05) is 6.92 Å². The van der Waals surface area contributed by atoms with Gasteiger partial charge >= 0.3 is 0 Å². The zero-order valence-electron chi connectivity index (χ0n) is 9.03. The van der Waals surface area contributed by atoms with Crippen molar-refractivity contribution in [1.29, 1.82) is 0 Å². The Balaban J connectivity index is 2.64. The first-order chi connectivity index (χ1) is 6.59. The van der Waals surface area contributed by atoms with Crippen LogP contribution < -0.4 is 0 Å². The second kappa shape index (κ2) is 4.57. The van der Waals surface area contributed by atoms with E-state index in [1.807, 2.05) is 20.2 Å². The van der Waals surface area contributed by atoms with Gasteiger partial charge in [0.1, 0.15) is 0 Å². The molecule has 0 bridgehead atoms. The maximum absolute atomic E-state index is 10.1. The second-order valence-corrected chi connectivity index (χ2v) is 3.71. The first kappa shape index (κ1) is 11.2. The molecule has 1 rings (SSSR count). The lowest BCUT2D eigenvalue weighted by molar-refractivity contribution is -0.0333. The number of aryl methyl sites for hydroxylation is 1. The van der Waals surface area contributed by atoms with Crippen LogP contribution in [0, 0.1) is 0 Å². The summed E-state index contributed by atoms with van der Waals surface area (Å²) in [5, 5.41) is 14.2. The Morgan fingerprint density at radius 2 is 2.36 bits per heavy atom. The predicted octanol–water partition coefficient (Wildman–Crippen LogP) is 0.750. The summed E-state index contributed by atoms with van der Waals surface area (Å²) in [5.41, 5.74) is 0.270. The highest BCUT2D eigenvalue weighted by Gasteiger charge is 2.25. The van der Waals surface area contributed by atoms with Crippen LogP contribution in [0.4, 0.5) is 0 Å². The first-order valence-electron chi connectivity index (χ1n) is 4.78. The van der Waals surface area contributed by atoms with E-state index in [2.05, 4.69) is 5.10 Å². The molecule has 0 aromatic carbocycles. The Morgan fingerprint density at radius 3 is 2.79 bits per heavy atom. The summed E-state index contributed by atoms with van der Waals surface area (Å²) in [6, 6.07) is 0. The molecule has 80 valence electrons. The molecule has 1 unspecified atom stereocenters. The lowest BCUT2D eigenvalue weighted by Gasteiger charge is -2.25. The molecule has 0 amide bonds. The number of aromatic nitrogens is 2. The van der Waals surface area contributed by atoms with E-state index in [4.69, 9.17) is 4.74 Å². The standard InChI is InChI=1S/C10H18N2O2/c1-4-10(13,8-14-3)5-9-6-11-12(2)7-9/h6-7,13H,4-5,8H2,1-3H3. The van der Waals surface area contributed by atoms with E-state index in [9.17, 15) is 5.11 Å². The van der Waals surface area contributed by atoms with Gasteiger partial charge in [-0.25, -0.2) is 0 Å². The lowest BCUT2D eigenvalue weighted by Crippen LogP contribution is -2.35. The van der Waals surface area contributed by atoms with E-state index in [1.54, 1.807) is 18.0 Å². The fourth-order valence-electron chi connectivity index (χ4n) is 1.49. The van der Waals surface area contributed by atoms with Gasteiger partial charge in [-0.05, 0) is 12.0 Å². The van der Waals surface area contributed by atoms with Crippen molar-refractivity contribution in [1.82, 2.24) is 9.78 Å². The van der Waals surface area contributed by atoms with Crippen LogP contribution in [-0.2, 0) is 18.2 Å². The molecule has 1 atom stereocenters. The van der Waals surface area contributed by atoms with Crippen molar-refractivity contribution in [3.63, 3.8) is 0 Å². The highest BCUT2D eigenvalue weighted by molar-refractivity contribution is 5.08. The molecule has 0 saturated carbocycles. The molecule has 0 aliphatic heterocycles. The third kappa shape index (κ3) is 2.82. The molecule has 14 heavy (non-hydrogen) atoms. The molecule has 0 saturated heterocycles. The number of hydrogen-bond acceptors (Lipinski definition) is 3. The normalized spacial score (nSPS) is 15.4. The fraction of sp³-hybridized carbons (Fsp3) is 0.700. The molecule has 4 nitrogen and oxygen atoms in total. The van der Waals surface area contributed by atoms with Crippen LogP contribution in [0.1, 0.15) is 18.9 Å². The molecule has 1 heterocycles. The molecule has 4 heteroatoms. The average molecular weight is 198 g/mol. The van der Waals surface area contributed by atoms with E-state index in [0.29, 0.717) is 19.4 Å². The van der Waals surface area contributed by atoms with Gasteiger partial charge in [0.2, 0.25) is 0 Å². The van der Waals surface area contributed by atoms with Crippen molar-refractivity contribution < 1.29 is 9.84 Å². The minimum Gasteiger partial charge on any atom is -0.387 e. The number of nitrogens with zero attached hydrogens (tertiary/aromatic N) is 2. The van der Waals surface area contributed by atoms with Gasteiger partial charge in [0.15, 0.2) is 0 Å².